The minimum atomic E-state index is -0.221. The third-order valence-electron chi connectivity index (χ3n) is 3.52. The van der Waals surface area contributed by atoms with E-state index in [0.29, 0.717) is 17.3 Å². The van der Waals surface area contributed by atoms with Crippen LogP contribution >= 0.6 is 0 Å². The molecule has 0 aliphatic heterocycles. The monoisotopic (exact) mass is 333 g/mol. The van der Waals surface area contributed by atoms with Crippen LogP contribution in [0.5, 0.6) is 0 Å². The lowest BCUT2D eigenvalue weighted by atomic mass is 10.2. The standard InChI is InChI=1S/C19H19N5O/c1-12-7-8-17(20-11-12)24-18(25)15-5-4-6-16(10-15)23-19-21-13(2)9-14(3)22-19/h4-11H,1-3H3,(H,20,24,25)(H,21,22,23). The van der Waals surface area contributed by atoms with Crippen LogP contribution in [-0.2, 0) is 0 Å². The average Bonchev–Trinajstić information content (AvgIpc) is 2.56. The van der Waals surface area contributed by atoms with E-state index in [0.717, 1.165) is 22.6 Å². The summed E-state index contributed by atoms with van der Waals surface area (Å²) in [6.07, 6.45) is 1.71. The van der Waals surface area contributed by atoms with Gasteiger partial charge in [0.1, 0.15) is 5.82 Å². The summed E-state index contributed by atoms with van der Waals surface area (Å²) in [6, 6.07) is 12.8. The summed E-state index contributed by atoms with van der Waals surface area (Å²) < 4.78 is 0. The van der Waals surface area contributed by atoms with Crippen LogP contribution in [0.4, 0.5) is 17.5 Å². The van der Waals surface area contributed by atoms with E-state index < -0.39 is 0 Å². The Morgan fingerprint density at radius 2 is 1.72 bits per heavy atom. The number of nitrogens with zero attached hydrogens (tertiary/aromatic N) is 3. The number of rotatable bonds is 4. The van der Waals surface area contributed by atoms with Gasteiger partial charge in [-0.05, 0) is 56.7 Å². The van der Waals surface area contributed by atoms with Gasteiger partial charge in [-0.15, -0.1) is 0 Å². The molecule has 0 saturated heterocycles. The smallest absolute Gasteiger partial charge is 0.256 e. The summed E-state index contributed by atoms with van der Waals surface area (Å²) in [5.41, 5.74) is 4.08. The highest BCUT2D eigenvalue weighted by atomic mass is 16.1. The Labute approximate surface area is 146 Å². The summed E-state index contributed by atoms with van der Waals surface area (Å²) in [5, 5.41) is 5.92. The Morgan fingerprint density at radius 1 is 0.960 bits per heavy atom. The highest BCUT2D eigenvalue weighted by Gasteiger charge is 2.08. The lowest BCUT2D eigenvalue weighted by Crippen LogP contribution is -2.13. The summed E-state index contributed by atoms with van der Waals surface area (Å²) in [4.78, 5) is 25.3. The first-order valence-corrected chi connectivity index (χ1v) is 7.93. The minimum absolute atomic E-state index is 0.221. The van der Waals surface area contributed by atoms with Crippen molar-refractivity contribution in [1.82, 2.24) is 15.0 Å². The van der Waals surface area contributed by atoms with Crippen molar-refractivity contribution in [1.29, 1.82) is 0 Å². The maximum atomic E-state index is 12.4. The quantitative estimate of drug-likeness (QED) is 0.759. The van der Waals surface area contributed by atoms with Crippen molar-refractivity contribution in [2.45, 2.75) is 20.8 Å². The molecule has 25 heavy (non-hydrogen) atoms. The molecule has 0 bridgehead atoms. The van der Waals surface area contributed by atoms with Crippen LogP contribution < -0.4 is 10.6 Å². The zero-order chi connectivity index (χ0) is 17.8. The predicted molar refractivity (Wildman–Crippen MR) is 98.2 cm³/mol. The van der Waals surface area contributed by atoms with E-state index in [1.807, 2.05) is 45.0 Å². The second-order valence-electron chi connectivity index (χ2n) is 5.86. The third-order valence-corrected chi connectivity index (χ3v) is 3.52. The minimum Gasteiger partial charge on any atom is -0.324 e. The molecule has 1 aromatic carbocycles. The topological polar surface area (TPSA) is 79.8 Å². The van der Waals surface area contributed by atoms with Crippen molar-refractivity contribution in [3.63, 3.8) is 0 Å². The number of hydrogen-bond acceptors (Lipinski definition) is 5. The molecule has 3 rings (SSSR count). The number of pyridine rings is 1. The molecule has 1 amide bonds. The van der Waals surface area contributed by atoms with Crippen LogP contribution in [0.25, 0.3) is 0 Å². The highest BCUT2D eigenvalue weighted by Crippen LogP contribution is 2.16. The fourth-order valence-electron chi connectivity index (χ4n) is 2.38. The Balaban J connectivity index is 1.76. The van der Waals surface area contributed by atoms with Crippen molar-refractivity contribution in [3.8, 4) is 0 Å². The molecule has 3 aromatic rings. The van der Waals surface area contributed by atoms with Gasteiger partial charge < -0.3 is 10.6 Å². The molecule has 2 N–H and O–H groups in total. The molecular formula is C19H19N5O. The van der Waals surface area contributed by atoms with Gasteiger partial charge in [-0.3, -0.25) is 4.79 Å². The van der Waals surface area contributed by atoms with Gasteiger partial charge in [0, 0.05) is 28.8 Å². The summed E-state index contributed by atoms with van der Waals surface area (Å²) >= 11 is 0. The van der Waals surface area contributed by atoms with Gasteiger partial charge in [0.25, 0.3) is 5.91 Å². The van der Waals surface area contributed by atoms with Gasteiger partial charge in [-0.1, -0.05) is 12.1 Å². The van der Waals surface area contributed by atoms with E-state index in [-0.39, 0.29) is 5.91 Å². The Hall–Kier alpha value is -3.28. The maximum Gasteiger partial charge on any atom is 0.256 e. The summed E-state index contributed by atoms with van der Waals surface area (Å²) in [5.74, 6) is 0.809. The van der Waals surface area contributed by atoms with Crippen LogP contribution in [-0.4, -0.2) is 20.9 Å². The van der Waals surface area contributed by atoms with Gasteiger partial charge in [-0.2, -0.15) is 0 Å². The zero-order valence-electron chi connectivity index (χ0n) is 14.4. The first-order valence-electron chi connectivity index (χ1n) is 7.93. The summed E-state index contributed by atoms with van der Waals surface area (Å²) in [7, 11) is 0. The third kappa shape index (κ3) is 4.38. The number of hydrogen-bond donors (Lipinski definition) is 2. The number of aryl methyl sites for hydroxylation is 3. The van der Waals surface area contributed by atoms with E-state index in [1.165, 1.54) is 0 Å². The molecule has 0 fully saturated rings. The first kappa shape index (κ1) is 16.6. The molecule has 126 valence electrons. The van der Waals surface area contributed by atoms with Gasteiger partial charge in [0.15, 0.2) is 0 Å². The molecule has 0 spiro atoms. The number of nitrogens with one attached hydrogen (secondary N) is 2. The van der Waals surface area contributed by atoms with Crippen molar-refractivity contribution in [2.24, 2.45) is 0 Å². The molecule has 2 heterocycles. The van der Waals surface area contributed by atoms with E-state index in [4.69, 9.17) is 0 Å². The lowest BCUT2D eigenvalue weighted by Gasteiger charge is -2.09. The molecule has 2 aromatic heterocycles. The number of anilines is 3. The molecule has 0 atom stereocenters. The first-order chi connectivity index (χ1) is 12.0. The number of aromatic nitrogens is 3. The molecular weight excluding hydrogens is 314 g/mol. The Bertz CT molecular complexity index is 886. The molecule has 6 heteroatoms. The highest BCUT2D eigenvalue weighted by molar-refractivity contribution is 6.04. The van der Waals surface area contributed by atoms with Crippen molar-refractivity contribution in [2.75, 3.05) is 10.6 Å². The maximum absolute atomic E-state index is 12.4. The van der Waals surface area contributed by atoms with Crippen LogP contribution in [0.3, 0.4) is 0 Å². The van der Waals surface area contributed by atoms with Gasteiger partial charge >= 0.3 is 0 Å². The van der Waals surface area contributed by atoms with E-state index in [2.05, 4.69) is 25.6 Å². The van der Waals surface area contributed by atoms with Crippen molar-refractivity contribution >= 4 is 23.4 Å². The number of carbonyl (C=O) groups is 1. The van der Waals surface area contributed by atoms with Gasteiger partial charge in [0.2, 0.25) is 5.95 Å². The Kier molecular flexibility index (Phi) is 4.70. The van der Waals surface area contributed by atoms with Crippen LogP contribution in [0.1, 0.15) is 27.3 Å². The fourth-order valence-corrected chi connectivity index (χ4v) is 2.38. The number of carbonyl (C=O) groups excluding carboxylic acids is 1. The zero-order valence-corrected chi connectivity index (χ0v) is 14.4. The van der Waals surface area contributed by atoms with Crippen molar-refractivity contribution < 1.29 is 4.79 Å². The number of amides is 1. The van der Waals surface area contributed by atoms with E-state index >= 15 is 0 Å². The van der Waals surface area contributed by atoms with Crippen LogP contribution in [0.2, 0.25) is 0 Å². The van der Waals surface area contributed by atoms with Crippen molar-refractivity contribution in [3.05, 3.63) is 71.2 Å². The Morgan fingerprint density at radius 3 is 2.40 bits per heavy atom. The second kappa shape index (κ2) is 7.09. The average molecular weight is 333 g/mol. The van der Waals surface area contributed by atoms with Crippen LogP contribution in [0, 0.1) is 20.8 Å². The number of benzene rings is 1. The van der Waals surface area contributed by atoms with E-state index in [9.17, 15) is 4.79 Å². The molecule has 0 saturated carbocycles. The normalized spacial score (nSPS) is 10.4. The molecule has 0 aliphatic rings. The van der Waals surface area contributed by atoms with E-state index in [1.54, 1.807) is 24.4 Å². The van der Waals surface area contributed by atoms with Gasteiger partial charge in [-0.25, -0.2) is 15.0 Å². The lowest BCUT2D eigenvalue weighted by molar-refractivity contribution is 0.102. The van der Waals surface area contributed by atoms with Crippen LogP contribution in [0.15, 0.2) is 48.7 Å². The fraction of sp³-hybridized carbons (Fsp3) is 0.158. The summed E-state index contributed by atoms with van der Waals surface area (Å²) in [6.45, 7) is 5.78. The molecule has 0 unspecified atom stereocenters. The van der Waals surface area contributed by atoms with Gasteiger partial charge in [0.05, 0.1) is 0 Å². The second-order valence-corrected chi connectivity index (χ2v) is 5.86. The molecule has 0 radical (unpaired) electrons. The SMILES string of the molecule is Cc1ccc(NC(=O)c2cccc(Nc3nc(C)cc(C)n3)c2)nc1. The largest absolute Gasteiger partial charge is 0.324 e. The predicted octanol–water partition coefficient (Wildman–Crippen LogP) is 3.79. The molecule has 6 nitrogen and oxygen atoms in total. The molecule has 0 aliphatic carbocycles.